The molecule has 0 aromatic heterocycles. The second-order valence-electron chi connectivity index (χ2n) is 5.27. The van der Waals surface area contributed by atoms with Gasteiger partial charge in [0.05, 0.1) is 7.11 Å². The molecule has 6 heteroatoms. The van der Waals surface area contributed by atoms with E-state index in [1.165, 1.54) is 5.56 Å². The number of methoxy groups -OCH3 is 1. The number of halogens is 2. The Morgan fingerprint density at radius 3 is 2.42 bits per heavy atom. The molecular formula is C18H20BrClN2OS. The van der Waals surface area contributed by atoms with Gasteiger partial charge in [-0.05, 0) is 66.5 Å². The van der Waals surface area contributed by atoms with Crippen LogP contribution in [0.4, 0.5) is 0 Å². The number of hydrogen-bond donors (Lipinski definition) is 2. The average molecular weight is 428 g/mol. The van der Waals surface area contributed by atoms with Crippen LogP contribution >= 0.6 is 39.7 Å². The first kappa shape index (κ1) is 19.0. The van der Waals surface area contributed by atoms with Crippen molar-refractivity contribution in [2.24, 2.45) is 0 Å². The maximum atomic E-state index is 5.88. The number of ether oxygens (including phenoxy) is 1. The summed E-state index contributed by atoms with van der Waals surface area (Å²) in [5.41, 5.74) is 2.37. The normalized spacial score (nSPS) is 10.3. The summed E-state index contributed by atoms with van der Waals surface area (Å²) in [7, 11) is 1.68. The van der Waals surface area contributed by atoms with Gasteiger partial charge in [-0.15, -0.1) is 0 Å². The highest BCUT2D eigenvalue weighted by Gasteiger charge is 2.04. The zero-order chi connectivity index (χ0) is 17.4. The molecule has 0 aliphatic carbocycles. The molecule has 0 saturated carbocycles. The van der Waals surface area contributed by atoms with Gasteiger partial charge in [0.1, 0.15) is 5.75 Å². The molecule has 2 N–H and O–H groups in total. The van der Waals surface area contributed by atoms with Gasteiger partial charge >= 0.3 is 0 Å². The molecular weight excluding hydrogens is 408 g/mol. The largest absolute Gasteiger partial charge is 0.496 e. The van der Waals surface area contributed by atoms with Gasteiger partial charge in [0.15, 0.2) is 5.11 Å². The van der Waals surface area contributed by atoms with E-state index in [0.717, 1.165) is 46.7 Å². The van der Waals surface area contributed by atoms with Crippen LogP contribution in [0.3, 0.4) is 0 Å². The van der Waals surface area contributed by atoms with Crippen LogP contribution in [0.1, 0.15) is 11.1 Å². The van der Waals surface area contributed by atoms with E-state index in [2.05, 4.69) is 32.6 Å². The Kier molecular flexibility index (Phi) is 7.82. The predicted molar refractivity (Wildman–Crippen MR) is 108 cm³/mol. The summed E-state index contributed by atoms with van der Waals surface area (Å²) in [5.74, 6) is 0.890. The summed E-state index contributed by atoms with van der Waals surface area (Å²) in [6.07, 6.45) is 1.74. The molecule has 0 unspecified atom stereocenters. The zero-order valence-electron chi connectivity index (χ0n) is 13.4. The molecule has 0 saturated heterocycles. The summed E-state index contributed by atoms with van der Waals surface area (Å²) in [6, 6.07) is 13.9. The highest BCUT2D eigenvalue weighted by molar-refractivity contribution is 9.10. The van der Waals surface area contributed by atoms with Crippen molar-refractivity contribution >= 4 is 44.9 Å². The lowest BCUT2D eigenvalue weighted by Crippen LogP contribution is -2.37. The van der Waals surface area contributed by atoms with Crippen LogP contribution in [-0.2, 0) is 12.8 Å². The Morgan fingerprint density at radius 1 is 1.08 bits per heavy atom. The monoisotopic (exact) mass is 426 g/mol. The molecule has 24 heavy (non-hydrogen) atoms. The molecule has 0 aliphatic heterocycles. The lowest BCUT2D eigenvalue weighted by molar-refractivity contribution is 0.409. The molecule has 0 radical (unpaired) electrons. The van der Waals surface area contributed by atoms with E-state index in [-0.39, 0.29) is 0 Å². The van der Waals surface area contributed by atoms with Crippen molar-refractivity contribution in [1.82, 2.24) is 10.6 Å². The van der Waals surface area contributed by atoms with E-state index in [1.807, 2.05) is 36.4 Å². The van der Waals surface area contributed by atoms with Crippen LogP contribution in [0.25, 0.3) is 0 Å². The molecule has 0 aliphatic rings. The lowest BCUT2D eigenvalue weighted by Gasteiger charge is -2.12. The van der Waals surface area contributed by atoms with Gasteiger partial charge in [-0.2, -0.15) is 0 Å². The number of nitrogens with one attached hydrogen (secondary N) is 2. The maximum Gasteiger partial charge on any atom is 0.166 e. The van der Waals surface area contributed by atoms with E-state index >= 15 is 0 Å². The average Bonchev–Trinajstić information content (AvgIpc) is 2.57. The zero-order valence-corrected chi connectivity index (χ0v) is 16.6. The Balaban J connectivity index is 1.70. The second-order valence-corrected chi connectivity index (χ2v) is 7.03. The van der Waals surface area contributed by atoms with Gasteiger partial charge in [0.2, 0.25) is 0 Å². The van der Waals surface area contributed by atoms with Gasteiger partial charge in [0, 0.05) is 22.6 Å². The molecule has 3 nitrogen and oxygen atoms in total. The summed E-state index contributed by atoms with van der Waals surface area (Å²) < 4.78 is 6.42. The highest BCUT2D eigenvalue weighted by atomic mass is 79.9. The van der Waals surface area contributed by atoms with Crippen LogP contribution in [0, 0.1) is 0 Å². The van der Waals surface area contributed by atoms with Crippen molar-refractivity contribution in [3.05, 3.63) is 63.1 Å². The Bertz CT molecular complexity index is 679. The molecule has 2 rings (SSSR count). The minimum absolute atomic E-state index is 0.665. The summed E-state index contributed by atoms with van der Waals surface area (Å²) >= 11 is 14.7. The van der Waals surface area contributed by atoms with E-state index in [4.69, 9.17) is 28.6 Å². The van der Waals surface area contributed by atoms with Gasteiger partial charge in [0.25, 0.3) is 0 Å². The Hall–Kier alpha value is -1.30. The third kappa shape index (κ3) is 6.30. The number of benzene rings is 2. The first-order chi connectivity index (χ1) is 11.6. The highest BCUT2D eigenvalue weighted by Crippen LogP contribution is 2.23. The quantitative estimate of drug-likeness (QED) is 0.643. The molecule has 0 spiro atoms. The minimum Gasteiger partial charge on any atom is -0.496 e. The standard InChI is InChI=1S/C18H20BrClN2OS/c1-23-17-7-4-15(19)12-14(17)9-11-22-18(24)21-10-8-13-2-5-16(20)6-3-13/h2-7,12H,8-11H2,1H3,(H2,21,22,24). The Labute approximate surface area is 161 Å². The SMILES string of the molecule is COc1ccc(Br)cc1CCNC(=S)NCCc1ccc(Cl)cc1. The number of thiocarbonyl (C=S) groups is 1. The topological polar surface area (TPSA) is 33.3 Å². The van der Waals surface area contributed by atoms with Crippen molar-refractivity contribution in [2.75, 3.05) is 20.2 Å². The molecule has 0 bridgehead atoms. The van der Waals surface area contributed by atoms with Gasteiger partial charge in [-0.25, -0.2) is 0 Å². The minimum atomic E-state index is 0.665. The van der Waals surface area contributed by atoms with Crippen molar-refractivity contribution in [3.63, 3.8) is 0 Å². The summed E-state index contributed by atoms with van der Waals surface area (Å²) in [4.78, 5) is 0. The third-order valence-corrected chi connectivity index (χ3v) is 4.57. The molecule has 2 aromatic rings. The molecule has 2 aromatic carbocycles. The van der Waals surface area contributed by atoms with Crippen LogP contribution in [0.2, 0.25) is 5.02 Å². The van der Waals surface area contributed by atoms with Crippen LogP contribution in [-0.4, -0.2) is 25.3 Å². The molecule has 0 fully saturated rings. The van der Waals surface area contributed by atoms with Crippen LogP contribution < -0.4 is 15.4 Å². The van der Waals surface area contributed by atoms with E-state index in [1.54, 1.807) is 7.11 Å². The molecule has 0 heterocycles. The van der Waals surface area contributed by atoms with E-state index in [9.17, 15) is 0 Å². The van der Waals surface area contributed by atoms with Gasteiger partial charge in [-0.1, -0.05) is 39.7 Å². The maximum absolute atomic E-state index is 5.88. The fraction of sp³-hybridized carbons (Fsp3) is 0.278. The first-order valence-corrected chi connectivity index (χ1v) is 9.25. The summed E-state index contributed by atoms with van der Waals surface area (Å²) in [5, 5.41) is 7.87. The fourth-order valence-electron chi connectivity index (χ4n) is 2.29. The predicted octanol–water partition coefficient (Wildman–Crippen LogP) is 4.36. The molecule has 128 valence electrons. The van der Waals surface area contributed by atoms with Crippen molar-refractivity contribution in [3.8, 4) is 5.75 Å². The van der Waals surface area contributed by atoms with Crippen LogP contribution in [0.5, 0.6) is 5.75 Å². The molecule has 0 amide bonds. The lowest BCUT2D eigenvalue weighted by atomic mass is 10.1. The fourth-order valence-corrected chi connectivity index (χ4v) is 3.03. The number of rotatable bonds is 7. The third-order valence-electron chi connectivity index (χ3n) is 3.53. The van der Waals surface area contributed by atoms with Crippen molar-refractivity contribution in [2.45, 2.75) is 12.8 Å². The molecule has 0 atom stereocenters. The Morgan fingerprint density at radius 2 is 1.75 bits per heavy atom. The smallest absolute Gasteiger partial charge is 0.166 e. The first-order valence-electron chi connectivity index (χ1n) is 7.67. The van der Waals surface area contributed by atoms with Gasteiger partial charge in [-0.3, -0.25) is 0 Å². The van der Waals surface area contributed by atoms with Gasteiger partial charge < -0.3 is 15.4 Å². The number of hydrogen-bond acceptors (Lipinski definition) is 2. The van der Waals surface area contributed by atoms with Crippen molar-refractivity contribution < 1.29 is 4.74 Å². The van der Waals surface area contributed by atoms with Crippen molar-refractivity contribution in [1.29, 1.82) is 0 Å². The van der Waals surface area contributed by atoms with Crippen LogP contribution in [0.15, 0.2) is 46.9 Å². The second kappa shape index (κ2) is 9.87. The van der Waals surface area contributed by atoms with E-state index < -0.39 is 0 Å². The van der Waals surface area contributed by atoms with E-state index in [0.29, 0.717) is 5.11 Å². The summed E-state index contributed by atoms with van der Waals surface area (Å²) in [6.45, 7) is 1.53.